The van der Waals surface area contributed by atoms with E-state index in [1.807, 2.05) is 0 Å². The number of rotatable bonds is 3. The van der Waals surface area contributed by atoms with Crippen LogP contribution in [-0.4, -0.2) is 17.6 Å². The van der Waals surface area contributed by atoms with Crippen molar-refractivity contribution in [3.05, 3.63) is 36.2 Å². The van der Waals surface area contributed by atoms with Gasteiger partial charge >= 0.3 is 0 Å². The molecule has 0 aromatic heterocycles. The first kappa shape index (κ1) is 17.1. The van der Waals surface area contributed by atoms with Gasteiger partial charge in [0.1, 0.15) is 5.75 Å². The van der Waals surface area contributed by atoms with Gasteiger partial charge in [-0.05, 0) is 48.8 Å². The maximum atomic E-state index is 12.3. The fourth-order valence-electron chi connectivity index (χ4n) is 4.12. The highest BCUT2D eigenvalue weighted by atomic mass is 35.5. The number of benzene rings is 1. The Kier molecular flexibility index (Phi) is 5.38. The molecular weight excluding hydrogens is 298 g/mol. The molecule has 1 aromatic carbocycles. The van der Waals surface area contributed by atoms with Crippen LogP contribution in [0.1, 0.15) is 55.3 Å². The number of fused-ring (bicyclic) bond motifs is 2. The van der Waals surface area contributed by atoms with Gasteiger partial charge in [-0.1, -0.05) is 44.7 Å². The summed E-state index contributed by atoms with van der Waals surface area (Å²) in [6.07, 6.45) is 8.97. The van der Waals surface area contributed by atoms with Gasteiger partial charge in [-0.25, -0.2) is 0 Å². The van der Waals surface area contributed by atoms with E-state index in [0.29, 0.717) is 16.0 Å². The first-order valence-electron chi connectivity index (χ1n) is 7.85. The Bertz CT molecular complexity index is 534. The van der Waals surface area contributed by atoms with E-state index in [0.717, 1.165) is 12.5 Å². The van der Waals surface area contributed by atoms with Crippen molar-refractivity contribution in [1.82, 2.24) is 5.32 Å². The minimum Gasteiger partial charge on any atom is -0.508 e. The fraction of sp³-hybridized carbons (Fsp3) is 0.556. The molecule has 2 fully saturated rings. The molecule has 2 radical (unpaired) electrons. The molecule has 2 saturated carbocycles. The van der Waals surface area contributed by atoms with Crippen LogP contribution in [0.5, 0.6) is 5.75 Å². The zero-order valence-corrected chi connectivity index (χ0v) is 13.7. The molecule has 22 heavy (non-hydrogen) atoms. The smallest absolute Gasteiger partial charge is 0.252 e. The molecule has 0 heterocycles. The number of carbonyl (C=O) groups excluding carboxylic acids is 1. The monoisotopic (exact) mass is 321 g/mol. The number of hydrogen-bond donors (Lipinski definition) is 2. The van der Waals surface area contributed by atoms with Crippen LogP contribution in [0.25, 0.3) is 0 Å². The van der Waals surface area contributed by atoms with Gasteiger partial charge in [0.05, 0.1) is 10.6 Å². The summed E-state index contributed by atoms with van der Waals surface area (Å²) in [5.41, 5.74) is 0.649. The number of aromatic hydroxyl groups is 1. The average molecular weight is 322 g/mol. The quantitative estimate of drug-likeness (QED) is 0.863. The third-order valence-corrected chi connectivity index (χ3v) is 5.51. The highest BCUT2D eigenvalue weighted by Crippen LogP contribution is 2.48. The third kappa shape index (κ3) is 3.57. The van der Waals surface area contributed by atoms with Crippen LogP contribution >= 0.6 is 11.6 Å². The Hall–Kier alpha value is -1.22. The molecule has 3 rings (SSSR count). The first-order chi connectivity index (χ1) is 10.1. The van der Waals surface area contributed by atoms with Crippen molar-refractivity contribution < 1.29 is 9.90 Å². The molecule has 0 atom stereocenters. The molecule has 0 saturated heterocycles. The molecule has 2 N–H and O–H groups in total. The van der Waals surface area contributed by atoms with Gasteiger partial charge in [0.2, 0.25) is 0 Å². The number of carbonyl (C=O) groups is 1. The fourth-order valence-corrected chi connectivity index (χ4v) is 4.32. The standard InChI is InChI=1S/C17H22ClNO2.CH2/c18-15-6-5-13(20)9-14(15)16(21)19-11-17-7-1-3-12(10-17)4-2-8-17;/h5-6,9,12,20H,1-4,7-8,10-11H2,(H,19,21);1H2. The van der Waals surface area contributed by atoms with E-state index in [9.17, 15) is 9.90 Å². The van der Waals surface area contributed by atoms with Gasteiger partial charge in [0, 0.05) is 6.54 Å². The van der Waals surface area contributed by atoms with Gasteiger partial charge in [-0.2, -0.15) is 0 Å². The first-order valence-corrected chi connectivity index (χ1v) is 8.23. The molecule has 2 aliphatic rings. The second-order valence-electron chi connectivity index (χ2n) is 6.70. The van der Waals surface area contributed by atoms with Crippen LogP contribution in [0.3, 0.4) is 0 Å². The van der Waals surface area contributed by atoms with E-state index in [4.69, 9.17) is 11.6 Å². The number of phenols is 1. The third-order valence-electron chi connectivity index (χ3n) is 5.18. The highest BCUT2D eigenvalue weighted by molar-refractivity contribution is 6.33. The minimum atomic E-state index is -0.182. The zero-order chi connectivity index (χ0) is 14.9. The molecule has 0 aliphatic heterocycles. The van der Waals surface area contributed by atoms with Crippen molar-refractivity contribution in [1.29, 1.82) is 0 Å². The molecule has 0 spiro atoms. The number of amides is 1. The molecule has 2 bridgehead atoms. The van der Waals surface area contributed by atoms with Gasteiger partial charge in [-0.3, -0.25) is 4.79 Å². The molecular formula is C18H24ClNO2. The van der Waals surface area contributed by atoms with Gasteiger partial charge in [-0.15, -0.1) is 0 Å². The van der Waals surface area contributed by atoms with E-state index in [2.05, 4.69) is 5.32 Å². The SMILES string of the molecule is O=C(NCC12CCCC(CCC1)C2)c1cc(O)ccc1Cl.[CH2]. The van der Waals surface area contributed by atoms with E-state index in [1.54, 1.807) is 6.07 Å². The zero-order valence-electron chi connectivity index (χ0n) is 12.9. The Morgan fingerprint density at radius 3 is 2.68 bits per heavy atom. The Morgan fingerprint density at radius 2 is 2.00 bits per heavy atom. The molecule has 3 nitrogen and oxygen atoms in total. The van der Waals surface area contributed by atoms with Crippen molar-refractivity contribution in [2.75, 3.05) is 6.54 Å². The average Bonchev–Trinajstić information content (AvgIpc) is 2.47. The summed E-state index contributed by atoms with van der Waals surface area (Å²) < 4.78 is 0. The number of hydrogen-bond acceptors (Lipinski definition) is 2. The van der Waals surface area contributed by atoms with Crippen molar-refractivity contribution in [3.8, 4) is 5.75 Å². The topological polar surface area (TPSA) is 49.3 Å². The van der Waals surface area contributed by atoms with E-state index in [1.165, 1.54) is 57.1 Å². The van der Waals surface area contributed by atoms with Crippen LogP contribution < -0.4 is 5.32 Å². The Morgan fingerprint density at radius 1 is 1.32 bits per heavy atom. The van der Waals surface area contributed by atoms with Crippen molar-refractivity contribution in [2.24, 2.45) is 11.3 Å². The molecule has 4 heteroatoms. The van der Waals surface area contributed by atoms with Crippen LogP contribution in [-0.2, 0) is 0 Å². The lowest BCUT2D eigenvalue weighted by molar-refractivity contribution is 0.0681. The number of phenolic OH excluding ortho intramolecular Hbond substituents is 1. The maximum absolute atomic E-state index is 12.3. The lowest BCUT2D eigenvalue weighted by Crippen LogP contribution is -2.42. The van der Waals surface area contributed by atoms with Gasteiger partial charge in [0.25, 0.3) is 5.91 Å². The number of halogens is 1. The second kappa shape index (κ2) is 6.91. The Labute approximate surface area is 138 Å². The van der Waals surface area contributed by atoms with Crippen LogP contribution in [0, 0.1) is 18.8 Å². The molecule has 2 aliphatic carbocycles. The van der Waals surface area contributed by atoms with Gasteiger partial charge in [0.15, 0.2) is 0 Å². The second-order valence-corrected chi connectivity index (χ2v) is 7.11. The summed E-state index contributed by atoms with van der Waals surface area (Å²) >= 11 is 6.04. The van der Waals surface area contributed by atoms with Gasteiger partial charge < -0.3 is 10.4 Å². The minimum absolute atomic E-state index is 0. The summed E-state index contributed by atoms with van der Waals surface area (Å²) in [7, 11) is 0. The van der Waals surface area contributed by atoms with Crippen molar-refractivity contribution in [2.45, 2.75) is 44.9 Å². The van der Waals surface area contributed by atoms with Crippen molar-refractivity contribution in [3.63, 3.8) is 0 Å². The van der Waals surface area contributed by atoms with Crippen LogP contribution in [0.4, 0.5) is 0 Å². The molecule has 0 unspecified atom stereocenters. The summed E-state index contributed by atoms with van der Waals surface area (Å²) in [5.74, 6) is 0.741. The Balaban J connectivity index is 0.00000176. The maximum Gasteiger partial charge on any atom is 0.252 e. The van der Waals surface area contributed by atoms with Crippen molar-refractivity contribution >= 4 is 17.5 Å². The van der Waals surface area contributed by atoms with E-state index >= 15 is 0 Å². The summed E-state index contributed by atoms with van der Waals surface area (Å²) in [6, 6.07) is 4.48. The predicted molar refractivity (Wildman–Crippen MR) is 89.0 cm³/mol. The highest BCUT2D eigenvalue weighted by Gasteiger charge is 2.39. The molecule has 1 amide bonds. The molecule has 1 aromatic rings. The van der Waals surface area contributed by atoms with E-state index < -0.39 is 0 Å². The number of nitrogens with one attached hydrogen (secondary N) is 1. The lowest BCUT2D eigenvalue weighted by atomic mass is 9.62. The predicted octanol–water partition coefficient (Wildman–Crippen LogP) is 4.46. The normalized spacial score (nSPS) is 26.9. The summed E-state index contributed by atoms with van der Waals surface area (Å²) in [5, 5.41) is 12.9. The van der Waals surface area contributed by atoms with Crippen LogP contribution in [0.2, 0.25) is 5.02 Å². The summed E-state index contributed by atoms with van der Waals surface area (Å²) in [4.78, 5) is 12.3. The van der Waals surface area contributed by atoms with Crippen LogP contribution in [0.15, 0.2) is 18.2 Å². The van der Waals surface area contributed by atoms with E-state index in [-0.39, 0.29) is 19.1 Å². The lowest BCUT2D eigenvalue weighted by Gasteiger charge is -2.45. The largest absolute Gasteiger partial charge is 0.508 e. The summed E-state index contributed by atoms with van der Waals surface area (Å²) in [6.45, 7) is 0.730. The molecule has 120 valence electrons.